The average molecular weight is 348 g/mol. The minimum absolute atomic E-state index is 0.216. The summed E-state index contributed by atoms with van der Waals surface area (Å²) in [7, 11) is 0. The highest BCUT2D eigenvalue weighted by atomic mass is 16.3. The van der Waals surface area contributed by atoms with Gasteiger partial charge >= 0.3 is 0 Å². The second-order valence-electron chi connectivity index (χ2n) is 5.83. The van der Waals surface area contributed by atoms with Crippen LogP contribution in [0, 0.1) is 5.92 Å². The second-order valence-corrected chi connectivity index (χ2v) is 5.83. The predicted octanol–water partition coefficient (Wildman–Crippen LogP) is 1.92. The molecule has 0 aromatic carbocycles. The van der Waals surface area contributed by atoms with Gasteiger partial charge in [0.1, 0.15) is 12.4 Å². The van der Waals surface area contributed by atoms with Crippen molar-refractivity contribution in [3.05, 3.63) is 24.2 Å². The van der Waals surface area contributed by atoms with Crippen molar-refractivity contribution in [2.45, 2.75) is 39.7 Å². The molecule has 2 rings (SSSR count). The Hall–Kier alpha value is -2.35. The van der Waals surface area contributed by atoms with Crippen molar-refractivity contribution in [1.82, 2.24) is 25.8 Å². The average Bonchev–Trinajstić information content (AvgIpc) is 3.28. The second kappa shape index (κ2) is 10.5. The van der Waals surface area contributed by atoms with Crippen LogP contribution < -0.4 is 10.6 Å². The van der Waals surface area contributed by atoms with Crippen LogP contribution in [-0.4, -0.2) is 45.9 Å². The van der Waals surface area contributed by atoms with E-state index in [0.29, 0.717) is 29.9 Å². The zero-order valence-electron chi connectivity index (χ0n) is 15.0. The lowest BCUT2D eigenvalue weighted by Crippen LogP contribution is -2.40. The molecule has 0 aliphatic rings. The van der Waals surface area contributed by atoms with Gasteiger partial charge in [-0.25, -0.2) is 9.98 Å². The number of nitrogens with zero attached hydrogens (tertiary/aromatic N) is 3. The minimum atomic E-state index is 0.216. The molecule has 0 saturated carbocycles. The Balaban J connectivity index is 1.92. The Morgan fingerprint density at radius 1 is 1.36 bits per heavy atom. The van der Waals surface area contributed by atoms with E-state index in [2.05, 4.69) is 37.7 Å². The number of aliphatic imine (C=N–C) groups is 1. The highest BCUT2D eigenvalue weighted by molar-refractivity contribution is 5.79. The van der Waals surface area contributed by atoms with E-state index in [1.165, 1.54) is 0 Å². The summed E-state index contributed by atoms with van der Waals surface area (Å²) in [6.07, 6.45) is 4.58. The highest BCUT2D eigenvalue weighted by Crippen LogP contribution is 2.14. The SMILES string of the molecule is CCCC(CCO)CNC(=NCc1nc(-c2ccco2)n[nH]1)NCC. The fraction of sp³-hybridized carbons (Fsp3) is 0.588. The maximum atomic E-state index is 9.16. The number of rotatable bonds is 10. The monoisotopic (exact) mass is 348 g/mol. The smallest absolute Gasteiger partial charge is 0.216 e. The molecule has 1 unspecified atom stereocenters. The van der Waals surface area contributed by atoms with Gasteiger partial charge < -0.3 is 20.2 Å². The van der Waals surface area contributed by atoms with Crippen LogP contribution in [0.15, 0.2) is 27.8 Å². The van der Waals surface area contributed by atoms with E-state index in [-0.39, 0.29) is 6.61 Å². The molecule has 2 heterocycles. The first kappa shape index (κ1) is 19.0. The molecule has 2 aromatic rings. The summed E-state index contributed by atoms with van der Waals surface area (Å²) >= 11 is 0. The zero-order chi connectivity index (χ0) is 17.9. The van der Waals surface area contributed by atoms with Crippen LogP contribution in [-0.2, 0) is 6.54 Å². The molecule has 138 valence electrons. The Morgan fingerprint density at radius 2 is 2.24 bits per heavy atom. The zero-order valence-corrected chi connectivity index (χ0v) is 15.0. The number of H-pyrrole nitrogens is 1. The number of aliphatic hydroxyl groups is 1. The van der Waals surface area contributed by atoms with Crippen LogP contribution in [0.4, 0.5) is 0 Å². The van der Waals surface area contributed by atoms with Gasteiger partial charge in [-0.1, -0.05) is 13.3 Å². The third-order valence-corrected chi connectivity index (χ3v) is 3.80. The molecule has 0 fully saturated rings. The van der Waals surface area contributed by atoms with E-state index in [1.807, 2.05) is 13.0 Å². The molecule has 4 N–H and O–H groups in total. The van der Waals surface area contributed by atoms with Crippen LogP contribution in [0.25, 0.3) is 11.6 Å². The fourth-order valence-corrected chi connectivity index (χ4v) is 2.56. The minimum Gasteiger partial charge on any atom is -0.461 e. The van der Waals surface area contributed by atoms with Crippen molar-refractivity contribution >= 4 is 5.96 Å². The molecule has 0 saturated heterocycles. The number of aromatic amines is 1. The number of hydrogen-bond acceptors (Lipinski definition) is 5. The molecule has 0 aliphatic carbocycles. The number of aliphatic hydroxyl groups excluding tert-OH is 1. The highest BCUT2D eigenvalue weighted by Gasteiger charge is 2.10. The Kier molecular flexibility index (Phi) is 7.97. The predicted molar refractivity (Wildman–Crippen MR) is 97.0 cm³/mol. The molecule has 25 heavy (non-hydrogen) atoms. The molecule has 0 bridgehead atoms. The van der Waals surface area contributed by atoms with Gasteiger partial charge in [0.25, 0.3) is 0 Å². The molecule has 8 heteroatoms. The van der Waals surface area contributed by atoms with Gasteiger partial charge in [-0.2, -0.15) is 0 Å². The molecule has 0 spiro atoms. The molecule has 1 atom stereocenters. The Labute approximate surface area is 148 Å². The standard InChI is InChI=1S/C17H28N6O2/c1-3-6-13(8-9-24)11-19-17(18-4-2)20-12-15-21-16(23-22-15)14-7-5-10-25-14/h5,7,10,13,24H,3-4,6,8-9,11-12H2,1-2H3,(H2,18,19,20)(H,21,22,23). The third-order valence-electron chi connectivity index (χ3n) is 3.80. The molecular formula is C17H28N6O2. The molecule has 0 radical (unpaired) electrons. The van der Waals surface area contributed by atoms with Crippen molar-refractivity contribution in [2.24, 2.45) is 10.9 Å². The Bertz CT molecular complexity index is 617. The van der Waals surface area contributed by atoms with Crippen molar-refractivity contribution in [3.8, 4) is 11.6 Å². The number of guanidine groups is 1. The van der Waals surface area contributed by atoms with E-state index in [9.17, 15) is 0 Å². The summed E-state index contributed by atoms with van der Waals surface area (Å²) in [6, 6.07) is 3.62. The summed E-state index contributed by atoms with van der Waals surface area (Å²) in [5.74, 6) is 3.00. The first-order valence-electron chi connectivity index (χ1n) is 8.85. The third kappa shape index (κ3) is 6.22. The quantitative estimate of drug-likeness (QED) is 0.385. The molecule has 8 nitrogen and oxygen atoms in total. The van der Waals surface area contributed by atoms with Gasteiger partial charge in [-0.05, 0) is 37.8 Å². The number of aromatic nitrogens is 3. The lowest BCUT2D eigenvalue weighted by atomic mass is 10.0. The van der Waals surface area contributed by atoms with Crippen LogP contribution in [0.3, 0.4) is 0 Å². The first-order valence-corrected chi connectivity index (χ1v) is 8.85. The Morgan fingerprint density at radius 3 is 2.92 bits per heavy atom. The van der Waals surface area contributed by atoms with Crippen molar-refractivity contribution in [2.75, 3.05) is 19.7 Å². The molecular weight excluding hydrogens is 320 g/mol. The van der Waals surface area contributed by atoms with Gasteiger partial charge in [0.05, 0.1) is 6.26 Å². The lowest BCUT2D eigenvalue weighted by Gasteiger charge is -2.18. The van der Waals surface area contributed by atoms with Gasteiger partial charge in [0, 0.05) is 19.7 Å². The molecule has 0 amide bonds. The van der Waals surface area contributed by atoms with Gasteiger partial charge in [-0.3, -0.25) is 5.10 Å². The summed E-state index contributed by atoms with van der Waals surface area (Å²) in [5.41, 5.74) is 0. The topological polar surface area (TPSA) is 111 Å². The maximum absolute atomic E-state index is 9.16. The number of hydrogen-bond donors (Lipinski definition) is 4. The van der Waals surface area contributed by atoms with Crippen LogP contribution in [0.1, 0.15) is 38.9 Å². The van der Waals surface area contributed by atoms with Gasteiger partial charge in [0.2, 0.25) is 5.82 Å². The number of nitrogens with one attached hydrogen (secondary N) is 3. The van der Waals surface area contributed by atoms with E-state index in [4.69, 9.17) is 9.52 Å². The van der Waals surface area contributed by atoms with Crippen molar-refractivity contribution in [3.63, 3.8) is 0 Å². The van der Waals surface area contributed by atoms with Crippen LogP contribution in [0.2, 0.25) is 0 Å². The van der Waals surface area contributed by atoms with Crippen LogP contribution >= 0.6 is 0 Å². The molecule has 0 aliphatic heterocycles. The van der Waals surface area contributed by atoms with Crippen molar-refractivity contribution < 1.29 is 9.52 Å². The summed E-state index contributed by atoms with van der Waals surface area (Å²) in [6.45, 7) is 6.35. The summed E-state index contributed by atoms with van der Waals surface area (Å²) in [4.78, 5) is 8.92. The molecule has 2 aromatic heterocycles. The van der Waals surface area contributed by atoms with E-state index in [1.54, 1.807) is 12.3 Å². The van der Waals surface area contributed by atoms with E-state index < -0.39 is 0 Å². The maximum Gasteiger partial charge on any atom is 0.216 e. The van der Waals surface area contributed by atoms with Crippen LogP contribution in [0.5, 0.6) is 0 Å². The lowest BCUT2D eigenvalue weighted by molar-refractivity contribution is 0.251. The normalized spacial score (nSPS) is 13.0. The van der Waals surface area contributed by atoms with E-state index >= 15 is 0 Å². The first-order chi connectivity index (χ1) is 12.3. The van der Waals surface area contributed by atoms with Gasteiger partial charge in [-0.15, -0.1) is 5.10 Å². The fourth-order valence-electron chi connectivity index (χ4n) is 2.56. The number of furan rings is 1. The van der Waals surface area contributed by atoms with Crippen molar-refractivity contribution in [1.29, 1.82) is 0 Å². The largest absolute Gasteiger partial charge is 0.461 e. The van der Waals surface area contributed by atoms with Gasteiger partial charge in [0.15, 0.2) is 11.7 Å². The van der Waals surface area contributed by atoms with E-state index in [0.717, 1.165) is 38.3 Å². The summed E-state index contributed by atoms with van der Waals surface area (Å²) in [5, 5.41) is 22.7. The summed E-state index contributed by atoms with van der Waals surface area (Å²) < 4.78 is 5.28.